The van der Waals surface area contributed by atoms with E-state index in [1.807, 2.05) is 6.26 Å². The van der Waals surface area contributed by atoms with Crippen LogP contribution < -0.4 is 5.32 Å². The first-order valence-electron chi connectivity index (χ1n) is 8.28. The van der Waals surface area contributed by atoms with Gasteiger partial charge in [-0.1, -0.05) is 13.8 Å². The summed E-state index contributed by atoms with van der Waals surface area (Å²) in [5.74, 6) is 1.81. The molecule has 0 saturated carbocycles. The molecule has 1 aliphatic heterocycles. The number of rotatable bonds is 7. The average Bonchev–Trinajstić information content (AvgIpc) is 2.86. The van der Waals surface area contributed by atoms with Crippen LogP contribution in [0.1, 0.15) is 39.0 Å². The van der Waals surface area contributed by atoms with Crippen molar-refractivity contribution in [1.29, 1.82) is 0 Å². The second-order valence-electron chi connectivity index (χ2n) is 6.80. The molecule has 4 heteroatoms. The Bertz CT molecular complexity index is 406. The molecule has 1 saturated heterocycles. The van der Waals surface area contributed by atoms with E-state index < -0.39 is 0 Å². The molecule has 21 heavy (non-hydrogen) atoms. The summed E-state index contributed by atoms with van der Waals surface area (Å²) in [7, 11) is 0. The molecule has 120 valence electrons. The minimum absolute atomic E-state index is 0.659. The van der Waals surface area contributed by atoms with Crippen molar-refractivity contribution in [3.63, 3.8) is 0 Å². The van der Waals surface area contributed by atoms with Crippen LogP contribution in [0, 0.1) is 5.92 Å². The first-order chi connectivity index (χ1) is 10.1. The topological polar surface area (TPSA) is 31.7 Å². The van der Waals surface area contributed by atoms with Crippen LogP contribution in [0.15, 0.2) is 16.7 Å². The number of hydrogen-bond donors (Lipinski definition) is 1. The van der Waals surface area contributed by atoms with Crippen LogP contribution in [-0.4, -0.2) is 48.6 Å². The molecule has 0 atom stereocenters. The molecule has 1 N–H and O–H groups in total. The summed E-state index contributed by atoms with van der Waals surface area (Å²) in [4.78, 5) is 5.05. The summed E-state index contributed by atoms with van der Waals surface area (Å²) in [6.07, 6.45) is 1.83. The Hall–Kier alpha value is -0.840. The summed E-state index contributed by atoms with van der Waals surface area (Å²) in [6.45, 7) is 16.5. The van der Waals surface area contributed by atoms with Crippen LogP contribution in [0.5, 0.6) is 0 Å². The van der Waals surface area contributed by atoms with Crippen molar-refractivity contribution >= 4 is 0 Å². The fraction of sp³-hybridized carbons (Fsp3) is 0.765. The summed E-state index contributed by atoms with van der Waals surface area (Å²) < 4.78 is 5.70. The van der Waals surface area contributed by atoms with E-state index in [9.17, 15) is 0 Å². The lowest BCUT2D eigenvalue weighted by molar-refractivity contribution is 0.0987. The number of piperazine rings is 1. The van der Waals surface area contributed by atoms with Crippen LogP contribution in [0.2, 0.25) is 0 Å². The average molecular weight is 293 g/mol. The van der Waals surface area contributed by atoms with Crippen molar-refractivity contribution in [2.24, 2.45) is 5.92 Å². The van der Waals surface area contributed by atoms with Gasteiger partial charge in [0.1, 0.15) is 5.76 Å². The van der Waals surface area contributed by atoms with Crippen molar-refractivity contribution in [2.75, 3.05) is 32.7 Å². The maximum Gasteiger partial charge on any atom is 0.122 e. The van der Waals surface area contributed by atoms with Crippen molar-refractivity contribution in [1.82, 2.24) is 15.1 Å². The lowest BCUT2D eigenvalue weighted by atomic mass is 10.2. The molecule has 0 spiro atoms. The Morgan fingerprint density at radius 1 is 1.14 bits per heavy atom. The van der Waals surface area contributed by atoms with E-state index >= 15 is 0 Å². The Balaban J connectivity index is 1.80. The van der Waals surface area contributed by atoms with Crippen molar-refractivity contribution < 1.29 is 4.42 Å². The maximum absolute atomic E-state index is 5.70. The van der Waals surface area contributed by atoms with Crippen LogP contribution in [0.3, 0.4) is 0 Å². The van der Waals surface area contributed by atoms with Gasteiger partial charge in [-0.2, -0.15) is 0 Å². The Morgan fingerprint density at radius 3 is 2.48 bits per heavy atom. The van der Waals surface area contributed by atoms with Gasteiger partial charge in [0.2, 0.25) is 0 Å². The highest BCUT2D eigenvalue weighted by Crippen LogP contribution is 2.15. The predicted molar refractivity (Wildman–Crippen MR) is 87.2 cm³/mol. The third-order valence-corrected chi connectivity index (χ3v) is 4.21. The number of hydrogen-bond acceptors (Lipinski definition) is 4. The molecule has 4 nitrogen and oxygen atoms in total. The first kappa shape index (κ1) is 16.5. The second kappa shape index (κ2) is 7.97. The molecule has 0 unspecified atom stereocenters. The van der Waals surface area contributed by atoms with Crippen molar-refractivity contribution in [3.8, 4) is 0 Å². The molecule has 1 aromatic rings. The Labute approximate surface area is 129 Å². The second-order valence-corrected chi connectivity index (χ2v) is 6.80. The van der Waals surface area contributed by atoms with Gasteiger partial charge >= 0.3 is 0 Å². The third kappa shape index (κ3) is 5.13. The van der Waals surface area contributed by atoms with Crippen LogP contribution >= 0.6 is 0 Å². The van der Waals surface area contributed by atoms with E-state index in [4.69, 9.17) is 4.42 Å². The van der Waals surface area contributed by atoms with Gasteiger partial charge in [-0.3, -0.25) is 9.80 Å². The first-order valence-corrected chi connectivity index (χ1v) is 8.28. The number of furan rings is 1. The highest BCUT2D eigenvalue weighted by atomic mass is 16.3. The van der Waals surface area contributed by atoms with Crippen molar-refractivity contribution in [2.45, 2.75) is 46.8 Å². The van der Waals surface area contributed by atoms with E-state index in [1.54, 1.807) is 0 Å². The molecule has 2 rings (SSSR count). The summed E-state index contributed by atoms with van der Waals surface area (Å²) >= 11 is 0. The third-order valence-electron chi connectivity index (χ3n) is 4.21. The zero-order valence-electron chi connectivity index (χ0n) is 14.1. The Morgan fingerprint density at radius 2 is 1.86 bits per heavy atom. The minimum Gasteiger partial charge on any atom is -0.468 e. The highest BCUT2D eigenvalue weighted by molar-refractivity contribution is 5.17. The molecule has 0 aliphatic carbocycles. The normalized spacial score (nSPS) is 18.0. The van der Waals surface area contributed by atoms with E-state index in [2.05, 4.69) is 48.9 Å². The maximum atomic E-state index is 5.70. The molecule has 0 bridgehead atoms. The van der Waals surface area contributed by atoms with E-state index in [1.165, 1.54) is 18.7 Å². The van der Waals surface area contributed by atoms with Crippen molar-refractivity contribution in [3.05, 3.63) is 23.7 Å². The number of nitrogens with zero attached hydrogens (tertiary/aromatic N) is 2. The number of nitrogens with one attached hydrogen (secondary N) is 1. The molecule has 1 aliphatic rings. The summed E-state index contributed by atoms with van der Waals surface area (Å²) in [6, 6.07) is 2.76. The summed E-state index contributed by atoms with van der Waals surface area (Å²) in [5, 5.41) is 3.50. The fourth-order valence-electron chi connectivity index (χ4n) is 2.80. The Kier molecular flexibility index (Phi) is 6.27. The largest absolute Gasteiger partial charge is 0.468 e. The van der Waals surface area contributed by atoms with Crippen LogP contribution in [0.4, 0.5) is 0 Å². The SMILES string of the molecule is CC(C)CNCc1ccoc1CN1CCN(C(C)C)CC1. The van der Waals surface area contributed by atoms with Crippen LogP contribution in [0.25, 0.3) is 0 Å². The lowest BCUT2D eigenvalue weighted by Crippen LogP contribution is -2.48. The van der Waals surface area contributed by atoms with E-state index in [0.717, 1.165) is 38.5 Å². The van der Waals surface area contributed by atoms with Gasteiger partial charge in [-0.05, 0) is 32.4 Å². The molecule has 1 aromatic heterocycles. The van der Waals surface area contributed by atoms with E-state index in [-0.39, 0.29) is 0 Å². The zero-order chi connectivity index (χ0) is 15.2. The van der Waals surface area contributed by atoms with Crippen LogP contribution in [-0.2, 0) is 13.1 Å². The summed E-state index contributed by atoms with van der Waals surface area (Å²) in [5.41, 5.74) is 1.31. The van der Waals surface area contributed by atoms with Gasteiger partial charge in [0.25, 0.3) is 0 Å². The van der Waals surface area contributed by atoms with Gasteiger partial charge in [0.15, 0.2) is 0 Å². The van der Waals surface area contributed by atoms with E-state index in [0.29, 0.717) is 12.0 Å². The fourth-order valence-corrected chi connectivity index (χ4v) is 2.80. The minimum atomic E-state index is 0.659. The lowest BCUT2D eigenvalue weighted by Gasteiger charge is -2.36. The molecular formula is C17H31N3O. The van der Waals surface area contributed by atoms with Gasteiger partial charge in [0.05, 0.1) is 12.8 Å². The quantitative estimate of drug-likeness (QED) is 0.837. The molecule has 0 amide bonds. The molecule has 0 aromatic carbocycles. The smallest absolute Gasteiger partial charge is 0.122 e. The predicted octanol–water partition coefficient (Wildman–Crippen LogP) is 2.55. The van der Waals surface area contributed by atoms with Gasteiger partial charge in [0, 0.05) is 44.3 Å². The van der Waals surface area contributed by atoms with Gasteiger partial charge < -0.3 is 9.73 Å². The molecule has 0 radical (unpaired) electrons. The van der Waals surface area contributed by atoms with Gasteiger partial charge in [-0.25, -0.2) is 0 Å². The molecule has 1 fully saturated rings. The zero-order valence-corrected chi connectivity index (χ0v) is 14.1. The molecular weight excluding hydrogens is 262 g/mol. The van der Waals surface area contributed by atoms with Gasteiger partial charge in [-0.15, -0.1) is 0 Å². The molecule has 2 heterocycles. The monoisotopic (exact) mass is 293 g/mol. The standard InChI is InChI=1S/C17H31N3O/c1-14(2)11-18-12-16-5-10-21-17(16)13-19-6-8-20(9-7-19)15(3)4/h5,10,14-15,18H,6-9,11-13H2,1-4H3. The highest BCUT2D eigenvalue weighted by Gasteiger charge is 2.20.